The second-order valence-corrected chi connectivity index (χ2v) is 10.5. The van der Waals surface area contributed by atoms with E-state index in [4.69, 9.17) is 5.73 Å². The van der Waals surface area contributed by atoms with Gasteiger partial charge in [-0.05, 0) is 76.2 Å². The summed E-state index contributed by atoms with van der Waals surface area (Å²) in [7, 11) is 3.55. The number of aryl methyl sites for hydroxylation is 1. The lowest BCUT2D eigenvalue weighted by Crippen LogP contribution is -2.58. The number of hydrogen-bond acceptors (Lipinski definition) is 8. The number of benzene rings is 1. The zero-order chi connectivity index (χ0) is 26.6. The van der Waals surface area contributed by atoms with Crippen molar-refractivity contribution in [3.8, 4) is 11.4 Å². The largest absolute Gasteiger partial charge is 0.416 e. The maximum atomic E-state index is 15.2. The van der Waals surface area contributed by atoms with Crippen LogP contribution in [0.3, 0.4) is 0 Å². The second-order valence-electron chi connectivity index (χ2n) is 10.5. The third-order valence-corrected chi connectivity index (χ3v) is 6.99. The van der Waals surface area contributed by atoms with Gasteiger partial charge in [0.2, 0.25) is 5.95 Å². The molecule has 1 aliphatic heterocycles. The van der Waals surface area contributed by atoms with Gasteiger partial charge in [-0.1, -0.05) is 0 Å². The molecule has 36 heavy (non-hydrogen) atoms. The first-order valence-corrected chi connectivity index (χ1v) is 11.4. The molecule has 4 rings (SSSR count). The van der Waals surface area contributed by atoms with Crippen LogP contribution in [0.15, 0.2) is 18.2 Å². The highest BCUT2D eigenvalue weighted by atomic mass is 19.4. The highest BCUT2D eigenvalue weighted by molar-refractivity contribution is 5.67. The average Bonchev–Trinajstić information content (AvgIpc) is 3.19. The summed E-state index contributed by atoms with van der Waals surface area (Å²) in [6.45, 7) is 8.31. The highest BCUT2D eigenvalue weighted by Gasteiger charge is 2.45. The van der Waals surface area contributed by atoms with Gasteiger partial charge >= 0.3 is 6.18 Å². The first kappa shape index (κ1) is 25.7. The molecule has 1 aromatic carbocycles. The number of nitrogens with two attached hydrogens (primary N) is 1. The summed E-state index contributed by atoms with van der Waals surface area (Å²) in [4.78, 5) is 10.6. The number of nitrogens with one attached hydrogen (secondary N) is 1. The number of tetrazole rings is 1. The predicted molar refractivity (Wildman–Crippen MR) is 127 cm³/mol. The Kier molecular flexibility index (Phi) is 6.18. The van der Waals surface area contributed by atoms with Gasteiger partial charge in [0.1, 0.15) is 0 Å². The third kappa shape index (κ3) is 4.84. The van der Waals surface area contributed by atoms with Gasteiger partial charge < -0.3 is 11.1 Å². The molecule has 1 saturated heterocycles. The van der Waals surface area contributed by atoms with E-state index in [1.807, 2.05) is 7.05 Å². The molecular weight excluding hydrogens is 478 g/mol. The number of rotatable bonds is 4. The Labute approximate surface area is 206 Å². The first-order chi connectivity index (χ1) is 16.6. The Hall–Kier alpha value is -3.35. The molecule has 0 aliphatic carbocycles. The summed E-state index contributed by atoms with van der Waals surface area (Å²) < 4.78 is 57.3. The van der Waals surface area contributed by atoms with Crippen LogP contribution >= 0.6 is 0 Å². The maximum absolute atomic E-state index is 15.2. The number of nitrogen functional groups attached to an aromatic ring is 1. The molecule has 0 unspecified atom stereocenters. The van der Waals surface area contributed by atoms with E-state index in [0.29, 0.717) is 12.8 Å². The SMILES string of the molecule is CN1C(C)(C)CC(c2nc(Nc3cc(-c4nnnn4C)cc(C(F)(F)F)c3)nc(N)c2F)CC1(C)C. The van der Waals surface area contributed by atoms with Crippen molar-refractivity contribution in [2.75, 3.05) is 18.1 Å². The Morgan fingerprint density at radius 1 is 1.03 bits per heavy atom. The number of piperidine rings is 1. The van der Waals surface area contributed by atoms with Crippen LogP contribution in [0, 0.1) is 5.82 Å². The molecule has 3 heterocycles. The van der Waals surface area contributed by atoms with Crippen LogP contribution in [0.1, 0.15) is 57.7 Å². The van der Waals surface area contributed by atoms with Gasteiger partial charge in [-0.3, -0.25) is 4.90 Å². The van der Waals surface area contributed by atoms with Crippen LogP contribution in [-0.2, 0) is 13.2 Å². The smallest absolute Gasteiger partial charge is 0.381 e. The van der Waals surface area contributed by atoms with Crippen molar-refractivity contribution in [3.05, 3.63) is 35.3 Å². The number of alkyl halides is 3. The van der Waals surface area contributed by atoms with Gasteiger partial charge in [-0.15, -0.1) is 5.10 Å². The van der Waals surface area contributed by atoms with E-state index in [0.717, 1.165) is 12.1 Å². The minimum absolute atomic E-state index is 0.0313. The van der Waals surface area contributed by atoms with Crippen LogP contribution in [0.25, 0.3) is 11.4 Å². The molecule has 0 spiro atoms. The van der Waals surface area contributed by atoms with Crippen LogP contribution < -0.4 is 11.1 Å². The van der Waals surface area contributed by atoms with Crippen LogP contribution in [0.4, 0.5) is 35.0 Å². The molecule has 3 N–H and O–H groups in total. The quantitative estimate of drug-likeness (QED) is 0.496. The van der Waals surface area contributed by atoms with E-state index in [1.54, 1.807) is 0 Å². The van der Waals surface area contributed by atoms with Crippen molar-refractivity contribution in [2.45, 2.75) is 63.7 Å². The summed E-state index contributed by atoms with van der Waals surface area (Å²) >= 11 is 0. The third-order valence-electron chi connectivity index (χ3n) is 6.99. The number of halogens is 4. The van der Waals surface area contributed by atoms with Gasteiger partial charge in [-0.25, -0.2) is 14.1 Å². The summed E-state index contributed by atoms with van der Waals surface area (Å²) in [5, 5.41) is 13.7. The van der Waals surface area contributed by atoms with Crippen molar-refractivity contribution < 1.29 is 17.6 Å². The lowest BCUT2D eigenvalue weighted by Gasteiger charge is -2.53. The number of likely N-dealkylation sites (tertiary alicyclic amines) is 1. The number of aromatic nitrogens is 6. The Balaban J connectivity index is 1.75. The summed E-state index contributed by atoms with van der Waals surface area (Å²) in [5.74, 6) is -1.31. The fourth-order valence-electron chi connectivity index (χ4n) is 4.97. The number of anilines is 3. The van der Waals surface area contributed by atoms with Gasteiger partial charge in [0, 0.05) is 35.3 Å². The molecule has 0 atom stereocenters. The topological polar surface area (TPSA) is 111 Å². The van der Waals surface area contributed by atoms with E-state index in [-0.39, 0.29) is 51.5 Å². The molecule has 3 aromatic rings. The van der Waals surface area contributed by atoms with E-state index in [9.17, 15) is 13.2 Å². The average molecular weight is 508 g/mol. The van der Waals surface area contributed by atoms with Crippen molar-refractivity contribution in [1.82, 2.24) is 35.1 Å². The van der Waals surface area contributed by atoms with Crippen molar-refractivity contribution in [3.63, 3.8) is 0 Å². The standard InChI is InChI=1S/C23H29F4N9/c1-21(2)10-13(11-22(3,4)36(21)6)17-16(24)18(28)31-20(30-17)29-15-8-12(19-32-33-34-35(19)5)7-14(9-15)23(25,26)27/h7-9,13H,10-11H2,1-6H3,(H3,28,29,30,31). The van der Waals surface area contributed by atoms with Gasteiger partial charge in [-0.2, -0.15) is 18.2 Å². The summed E-state index contributed by atoms with van der Waals surface area (Å²) in [6.07, 6.45) is -3.39. The van der Waals surface area contributed by atoms with Crippen LogP contribution in [0.2, 0.25) is 0 Å². The Morgan fingerprint density at radius 3 is 2.22 bits per heavy atom. The number of hydrogen-bond donors (Lipinski definition) is 2. The molecule has 2 aromatic heterocycles. The van der Waals surface area contributed by atoms with Crippen LogP contribution in [-0.4, -0.2) is 53.2 Å². The number of nitrogens with zero attached hydrogens (tertiary/aromatic N) is 7. The molecule has 1 fully saturated rings. The first-order valence-electron chi connectivity index (χ1n) is 11.4. The van der Waals surface area contributed by atoms with E-state index in [1.165, 1.54) is 17.8 Å². The fraction of sp³-hybridized carbons (Fsp3) is 0.522. The molecular formula is C23H29F4N9. The Bertz CT molecular complexity index is 1270. The Morgan fingerprint density at radius 2 is 1.67 bits per heavy atom. The van der Waals surface area contributed by atoms with Crippen molar-refractivity contribution in [1.29, 1.82) is 0 Å². The summed E-state index contributed by atoms with van der Waals surface area (Å²) in [5.41, 5.74) is 4.79. The molecule has 0 saturated carbocycles. The van der Waals surface area contributed by atoms with Crippen molar-refractivity contribution >= 4 is 17.5 Å². The molecule has 9 nitrogen and oxygen atoms in total. The van der Waals surface area contributed by atoms with Gasteiger partial charge in [0.05, 0.1) is 11.3 Å². The molecule has 0 amide bonds. The van der Waals surface area contributed by atoms with Gasteiger partial charge in [0.15, 0.2) is 17.5 Å². The maximum Gasteiger partial charge on any atom is 0.416 e. The zero-order valence-corrected chi connectivity index (χ0v) is 20.9. The van der Waals surface area contributed by atoms with E-state index >= 15 is 4.39 Å². The molecule has 0 bridgehead atoms. The lowest BCUT2D eigenvalue weighted by atomic mass is 9.73. The molecule has 1 aliphatic rings. The summed E-state index contributed by atoms with van der Waals surface area (Å²) in [6, 6.07) is 3.30. The van der Waals surface area contributed by atoms with E-state index < -0.39 is 17.6 Å². The minimum atomic E-state index is -4.63. The zero-order valence-electron chi connectivity index (χ0n) is 20.9. The molecule has 13 heteroatoms. The molecule has 194 valence electrons. The minimum Gasteiger partial charge on any atom is -0.381 e. The highest BCUT2D eigenvalue weighted by Crippen LogP contribution is 2.45. The van der Waals surface area contributed by atoms with E-state index in [2.05, 4.69) is 63.4 Å². The molecule has 0 radical (unpaired) electrons. The van der Waals surface area contributed by atoms with Crippen molar-refractivity contribution in [2.24, 2.45) is 7.05 Å². The lowest BCUT2D eigenvalue weighted by molar-refractivity contribution is -0.137. The van der Waals surface area contributed by atoms with Crippen LogP contribution in [0.5, 0.6) is 0 Å². The fourth-order valence-corrected chi connectivity index (χ4v) is 4.97. The normalized spacial score (nSPS) is 18.4. The second kappa shape index (κ2) is 8.64. The van der Waals surface area contributed by atoms with Gasteiger partial charge in [0.25, 0.3) is 0 Å². The predicted octanol–water partition coefficient (Wildman–Crippen LogP) is 4.52. The monoisotopic (exact) mass is 507 g/mol.